The van der Waals surface area contributed by atoms with Gasteiger partial charge in [0.1, 0.15) is 0 Å². The normalized spacial score (nSPS) is 56.7. The van der Waals surface area contributed by atoms with Crippen LogP contribution in [0.15, 0.2) is 11.8 Å². The molecule has 7 unspecified atom stereocenters. The molecule has 3 saturated carbocycles. The van der Waals surface area contributed by atoms with Crippen LogP contribution in [0.1, 0.15) is 65.7 Å². The van der Waals surface area contributed by atoms with E-state index in [-0.39, 0.29) is 5.60 Å². The summed E-state index contributed by atoms with van der Waals surface area (Å²) in [6, 6.07) is 0. The van der Waals surface area contributed by atoms with Gasteiger partial charge >= 0.3 is 0 Å². The third-order valence-corrected chi connectivity index (χ3v) is 7.87. The second-order valence-corrected chi connectivity index (χ2v) is 8.47. The van der Waals surface area contributed by atoms with Crippen molar-refractivity contribution >= 4 is 0 Å². The Morgan fingerprint density at radius 2 is 2.14 bits per heavy atom. The van der Waals surface area contributed by atoms with Crippen molar-refractivity contribution in [1.82, 2.24) is 0 Å². The molecule has 0 radical (unpaired) electrons. The molecule has 4 aliphatic rings. The summed E-state index contributed by atoms with van der Waals surface area (Å²) in [6.07, 6.45) is 10.5. The summed E-state index contributed by atoms with van der Waals surface area (Å²) >= 11 is 0. The molecular weight excluding hydrogens is 260 g/mol. The zero-order valence-corrected chi connectivity index (χ0v) is 13.8. The summed E-state index contributed by atoms with van der Waals surface area (Å²) in [5, 5.41) is 9.71. The monoisotopic (exact) mass is 290 g/mol. The van der Waals surface area contributed by atoms with Gasteiger partial charge in [0, 0.05) is 5.92 Å². The van der Waals surface area contributed by atoms with Crippen LogP contribution in [0, 0.1) is 29.1 Å². The number of aliphatic hydroxyl groups is 1. The zero-order chi connectivity index (χ0) is 14.8. The number of hydrogen-bond acceptors (Lipinski definition) is 2. The molecule has 2 heteroatoms. The van der Waals surface area contributed by atoms with E-state index in [1.807, 2.05) is 0 Å². The molecule has 0 amide bonds. The van der Waals surface area contributed by atoms with E-state index in [1.165, 1.54) is 37.5 Å². The van der Waals surface area contributed by atoms with Gasteiger partial charge in [0.15, 0.2) is 0 Å². The minimum Gasteiger partial charge on any atom is -0.516 e. The Hall–Kier alpha value is -0.500. The van der Waals surface area contributed by atoms with Gasteiger partial charge in [-0.05, 0) is 67.3 Å². The van der Waals surface area contributed by atoms with E-state index in [0.717, 1.165) is 37.0 Å². The minimum absolute atomic E-state index is 0.0930. The third-order valence-electron chi connectivity index (χ3n) is 7.87. The van der Waals surface area contributed by atoms with Gasteiger partial charge in [-0.2, -0.15) is 0 Å². The summed E-state index contributed by atoms with van der Waals surface area (Å²) < 4.78 is 6.54. The van der Waals surface area contributed by atoms with Gasteiger partial charge in [-0.1, -0.05) is 27.2 Å². The van der Waals surface area contributed by atoms with Gasteiger partial charge in [0.25, 0.3) is 0 Å². The molecule has 118 valence electrons. The van der Waals surface area contributed by atoms with Crippen molar-refractivity contribution in [3.8, 4) is 0 Å². The van der Waals surface area contributed by atoms with Crippen LogP contribution < -0.4 is 0 Å². The fraction of sp³-hybridized carbons (Fsp3) is 0.895. The van der Waals surface area contributed by atoms with Crippen molar-refractivity contribution < 1.29 is 9.84 Å². The van der Waals surface area contributed by atoms with E-state index in [0.29, 0.717) is 17.4 Å². The lowest BCUT2D eigenvalue weighted by Crippen LogP contribution is -2.70. The van der Waals surface area contributed by atoms with Crippen molar-refractivity contribution in [2.75, 3.05) is 0 Å². The predicted molar refractivity (Wildman–Crippen MR) is 84.0 cm³/mol. The number of fused-ring (bicyclic) bond motifs is 2. The summed E-state index contributed by atoms with van der Waals surface area (Å²) in [5.74, 6) is 3.27. The van der Waals surface area contributed by atoms with Crippen LogP contribution >= 0.6 is 0 Å². The highest BCUT2D eigenvalue weighted by atomic mass is 16.5. The molecule has 0 aromatic heterocycles. The topological polar surface area (TPSA) is 29.5 Å². The van der Waals surface area contributed by atoms with Crippen LogP contribution in [0.5, 0.6) is 0 Å². The van der Waals surface area contributed by atoms with Crippen LogP contribution in [0.3, 0.4) is 0 Å². The molecule has 1 heterocycles. The average Bonchev–Trinajstić information content (AvgIpc) is 2.74. The molecule has 2 nitrogen and oxygen atoms in total. The standard InChI is InChI=1S/C19H30O2/c1-4-9-19-13(11-20)6-7-14-15-8-5-12(2)18(15,3)10-16(21-19)17(14)19/h11-12,14-17,20H,4-10H2,1-3H3/b13-11-. The molecule has 0 aromatic carbocycles. The Morgan fingerprint density at radius 1 is 1.33 bits per heavy atom. The Bertz CT molecular complexity index is 470. The van der Waals surface area contributed by atoms with E-state index < -0.39 is 0 Å². The van der Waals surface area contributed by atoms with Crippen LogP contribution in [0.4, 0.5) is 0 Å². The average molecular weight is 290 g/mol. The molecule has 0 aromatic rings. The summed E-state index contributed by atoms with van der Waals surface area (Å²) in [5.41, 5.74) is 1.60. The third kappa shape index (κ3) is 1.58. The SMILES string of the molecule is CCCC12OC3CC4(C)C(C)CCC4C(CC/C1=C/O)C32. The molecule has 1 saturated heterocycles. The van der Waals surface area contributed by atoms with Crippen molar-refractivity contribution in [3.63, 3.8) is 0 Å². The second-order valence-electron chi connectivity index (χ2n) is 8.47. The van der Waals surface area contributed by atoms with Gasteiger partial charge in [0.2, 0.25) is 0 Å². The van der Waals surface area contributed by atoms with Crippen molar-refractivity contribution in [2.45, 2.75) is 77.4 Å². The molecule has 1 aliphatic heterocycles. The van der Waals surface area contributed by atoms with Gasteiger partial charge < -0.3 is 9.84 Å². The minimum atomic E-state index is -0.0930. The predicted octanol–water partition coefficient (Wildman–Crippen LogP) is 4.85. The Kier molecular flexibility index (Phi) is 3.03. The van der Waals surface area contributed by atoms with E-state index in [9.17, 15) is 5.11 Å². The summed E-state index contributed by atoms with van der Waals surface area (Å²) in [6.45, 7) is 7.24. The van der Waals surface area contributed by atoms with E-state index in [4.69, 9.17) is 4.74 Å². The first-order chi connectivity index (χ1) is 10.1. The Balaban J connectivity index is 1.71. The summed E-state index contributed by atoms with van der Waals surface area (Å²) in [7, 11) is 0. The molecule has 0 bridgehead atoms. The van der Waals surface area contributed by atoms with E-state index >= 15 is 0 Å². The first-order valence-electron chi connectivity index (χ1n) is 9.08. The number of aliphatic hydroxyl groups excluding tert-OH is 1. The van der Waals surface area contributed by atoms with Crippen molar-refractivity contribution in [3.05, 3.63) is 11.8 Å². The Labute approximate surface area is 129 Å². The Morgan fingerprint density at radius 3 is 2.86 bits per heavy atom. The maximum atomic E-state index is 9.71. The van der Waals surface area contributed by atoms with E-state index in [1.54, 1.807) is 0 Å². The van der Waals surface area contributed by atoms with Gasteiger partial charge in [-0.3, -0.25) is 0 Å². The molecule has 3 aliphatic carbocycles. The van der Waals surface area contributed by atoms with Gasteiger partial charge in [-0.25, -0.2) is 0 Å². The highest BCUT2D eigenvalue weighted by molar-refractivity contribution is 5.30. The highest BCUT2D eigenvalue weighted by Gasteiger charge is 2.69. The van der Waals surface area contributed by atoms with E-state index in [2.05, 4.69) is 20.8 Å². The second kappa shape index (κ2) is 4.50. The van der Waals surface area contributed by atoms with Gasteiger partial charge in [0.05, 0.1) is 18.0 Å². The highest BCUT2D eigenvalue weighted by Crippen LogP contribution is 2.69. The zero-order valence-electron chi connectivity index (χ0n) is 13.8. The van der Waals surface area contributed by atoms with Crippen LogP contribution in [0.2, 0.25) is 0 Å². The molecule has 1 N–H and O–H groups in total. The van der Waals surface area contributed by atoms with Crippen LogP contribution in [-0.4, -0.2) is 16.8 Å². The fourth-order valence-corrected chi connectivity index (χ4v) is 6.77. The smallest absolute Gasteiger partial charge is 0.0983 e. The molecule has 21 heavy (non-hydrogen) atoms. The van der Waals surface area contributed by atoms with Crippen molar-refractivity contribution in [2.24, 2.45) is 29.1 Å². The fourth-order valence-electron chi connectivity index (χ4n) is 6.77. The van der Waals surface area contributed by atoms with Gasteiger partial charge in [-0.15, -0.1) is 0 Å². The summed E-state index contributed by atoms with van der Waals surface area (Å²) in [4.78, 5) is 0. The number of rotatable bonds is 2. The number of ether oxygens (including phenoxy) is 1. The number of hydrogen-bond donors (Lipinski definition) is 1. The lowest BCUT2D eigenvalue weighted by Gasteiger charge is -2.68. The quantitative estimate of drug-likeness (QED) is 0.737. The van der Waals surface area contributed by atoms with Crippen molar-refractivity contribution in [1.29, 1.82) is 0 Å². The lowest BCUT2D eigenvalue weighted by molar-refractivity contribution is -0.311. The maximum Gasteiger partial charge on any atom is 0.0983 e. The molecule has 4 fully saturated rings. The first-order valence-corrected chi connectivity index (χ1v) is 9.08. The largest absolute Gasteiger partial charge is 0.516 e. The van der Waals surface area contributed by atoms with Crippen LogP contribution in [0.25, 0.3) is 0 Å². The first kappa shape index (κ1) is 14.1. The molecule has 0 spiro atoms. The van der Waals surface area contributed by atoms with Crippen LogP contribution in [-0.2, 0) is 4.74 Å². The lowest BCUT2D eigenvalue weighted by atomic mass is 9.47. The molecule has 4 rings (SSSR count). The maximum absolute atomic E-state index is 9.71. The molecule has 7 atom stereocenters. The molecular formula is C19H30O2.